The molecule has 0 radical (unpaired) electrons. The third-order valence-corrected chi connectivity index (χ3v) is 3.08. The van der Waals surface area contributed by atoms with Crippen molar-refractivity contribution in [3.63, 3.8) is 0 Å². The monoisotopic (exact) mass is 260 g/mol. The summed E-state index contributed by atoms with van der Waals surface area (Å²) in [7, 11) is 0. The predicted molar refractivity (Wildman–Crippen MR) is 76.0 cm³/mol. The number of aromatic nitrogens is 2. The van der Waals surface area contributed by atoms with Crippen LogP contribution < -0.4 is 0 Å². The van der Waals surface area contributed by atoms with Crippen LogP contribution in [0.15, 0.2) is 24.3 Å². The summed E-state index contributed by atoms with van der Waals surface area (Å²) in [5, 5.41) is 0.503. The van der Waals surface area contributed by atoms with Gasteiger partial charge in [0, 0.05) is 17.5 Å². The molecule has 0 fully saturated rings. The first-order valence-electron chi connectivity index (χ1n) is 6.09. The fourth-order valence-corrected chi connectivity index (χ4v) is 2.12. The maximum atomic E-state index is 6.08. The lowest BCUT2D eigenvalue weighted by atomic mass is 10.0. The van der Waals surface area contributed by atoms with Gasteiger partial charge in [0.2, 0.25) is 0 Å². The first-order chi connectivity index (χ1) is 8.47. The van der Waals surface area contributed by atoms with Crippen LogP contribution in [-0.4, -0.2) is 9.97 Å². The number of nitrogens with zero attached hydrogens (tertiary/aromatic N) is 2. The minimum Gasteiger partial charge on any atom is -0.233 e. The van der Waals surface area contributed by atoms with Gasteiger partial charge >= 0.3 is 0 Å². The van der Waals surface area contributed by atoms with Gasteiger partial charge in [-0.2, -0.15) is 0 Å². The zero-order valence-electron chi connectivity index (χ0n) is 11.2. The summed E-state index contributed by atoms with van der Waals surface area (Å²) in [5.41, 5.74) is 4.47. The minimum absolute atomic E-state index is 0.271. The maximum absolute atomic E-state index is 6.08. The van der Waals surface area contributed by atoms with E-state index >= 15 is 0 Å². The molecule has 0 atom stereocenters. The van der Waals surface area contributed by atoms with Crippen molar-refractivity contribution in [1.29, 1.82) is 0 Å². The van der Waals surface area contributed by atoms with E-state index in [0.29, 0.717) is 5.15 Å². The van der Waals surface area contributed by atoms with Crippen molar-refractivity contribution in [2.24, 2.45) is 0 Å². The average Bonchev–Trinajstić information content (AvgIpc) is 2.27. The van der Waals surface area contributed by atoms with Crippen LogP contribution >= 0.6 is 11.6 Å². The predicted octanol–water partition coefficient (Wildman–Crippen LogP) is 4.54. The first-order valence-corrected chi connectivity index (χ1v) is 6.47. The highest BCUT2D eigenvalue weighted by atomic mass is 35.5. The third kappa shape index (κ3) is 2.70. The minimum atomic E-state index is 0.271. The summed E-state index contributed by atoms with van der Waals surface area (Å²) in [4.78, 5) is 8.86. The van der Waals surface area contributed by atoms with Gasteiger partial charge in [-0.15, -0.1) is 0 Å². The van der Waals surface area contributed by atoms with Crippen molar-refractivity contribution in [2.45, 2.75) is 33.6 Å². The van der Waals surface area contributed by atoms with E-state index in [9.17, 15) is 0 Å². The Balaban J connectivity index is 2.56. The molecule has 94 valence electrons. The van der Waals surface area contributed by atoms with E-state index in [1.54, 1.807) is 0 Å². The van der Waals surface area contributed by atoms with Crippen LogP contribution in [0.3, 0.4) is 0 Å². The number of hydrogen-bond donors (Lipinski definition) is 0. The zero-order valence-corrected chi connectivity index (χ0v) is 11.9. The highest BCUT2D eigenvalue weighted by Crippen LogP contribution is 2.25. The molecule has 1 aromatic carbocycles. The molecule has 0 spiro atoms. The van der Waals surface area contributed by atoms with Gasteiger partial charge in [-0.05, 0) is 19.4 Å². The molecule has 3 heteroatoms. The smallest absolute Gasteiger partial charge is 0.133 e. The molecule has 0 aliphatic carbocycles. The van der Waals surface area contributed by atoms with E-state index in [-0.39, 0.29) is 5.92 Å². The van der Waals surface area contributed by atoms with E-state index in [1.165, 1.54) is 11.1 Å². The van der Waals surface area contributed by atoms with Crippen LogP contribution in [0.2, 0.25) is 5.15 Å². The second-order valence-electron chi connectivity index (χ2n) is 4.91. The largest absolute Gasteiger partial charge is 0.233 e. The van der Waals surface area contributed by atoms with Crippen molar-refractivity contribution < 1.29 is 0 Å². The summed E-state index contributed by atoms with van der Waals surface area (Å²) in [5.74, 6) is 1.06. The maximum Gasteiger partial charge on any atom is 0.133 e. The van der Waals surface area contributed by atoms with Gasteiger partial charge in [-0.3, -0.25) is 0 Å². The van der Waals surface area contributed by atoms with Crippen molar-refractivity contribution in [2.75, 3.05) is 0 Å². The average molecular weight is 261 g/mol. The Labute approximate surface area is 113 Å². The summed E-state index contributed by atoms with van der Waals surface area (Å²) in [6.07, 6.45) is 0. The topological polar surface area (TPSA) is 25.8 Å². The fourth-order valence-electron chi connectivity index (χ4n) is 1.93. The third-order valence-electron chi connectivity index (χ3n) is 2.89. The number of rotatable bonds is 2. The van der Waals surface area contributed by atoms with Crippen molar-refractivity contribution >= 4 is 11.6 Å². The second-order valence-corrected chi connectivity index (χ2v) is 5.29. The van der Waals surface area contributed by atoms with Crippen molar-refractivity contribution in [3.8, 4) is 11.3 Å². The second kappa shape index (κ2) is 5.07. The standard InChI is InChI=1S/C15H17ClN2/c1-9(2)15-17-13(8-14(16)18-15)12-6-5-10(3)7-11(12)4/h5-9H,1-4H3. The molecular formula is C15H17ClN2. The van der Waals surface area contributed by atoms with Crippen molar-refractivity contribution in [1.82, 2.24) is 9.97 Å². The number of halogens is 1. The van der Waals surface area contributed by atoms with Crippen LogP contribution in [0.1, 0.15) is 36.7 Å². The van der Waals surface area contributed by atoms with Crippen LogP contribution in [0.25, 0.3) is 11.3 Å². The highest BCUT2D eigenvalue weighted by molar-refractivity contribution is 6.29. The molecule has 2 nitrogen and oxygen atoms in total. The van der Waals surface area contributed by atoms with Gasteiger partial charge in [0.1, 0.15) is 11.0 Å². The van der Waals surface area contributed by atoms with E-state index in [4.69, 9.17) is 11.6 Å². The van der Waals surface area contributed by atoms with Crippen LogP contribution in [0.4, 0.5) is 0 Å². The molecule has 1 heterocycles. The molecule has 0 saturated carbocycles. The molecule has 0 amide bonds. The lowest BCUT2D eigenvalue weighted by Gasteiger charge is -2.10. The summed E-state index contributed by atoms with van der Waals surface area (Å²) in [6.45, 7) is 8.31. The zero-order chi connectivity index (χ0) is 13.3. The van der Waals surface area contributed by atoms with Gasteiger partial charge < -0.3 is 0 Å². The van der Waals surface area contributed by atoms with E-state index in [0.717, 1.165) is 17.1 Å². The molecule has 0 bridgehead atoms. The molecular weight excluding hydrogens is 244 g/mol. The van der Waals surface area contributed by atoms with Gasteiger partial charge in [-0.25, -0.2) is 9.97 Å². The molecule has 2 aromatic rings. The molecule has 18 heavy (non-hydrogen) atoms. The van der Waals surface area contributed by atoms with Gasteiger partial charge in [0.25, 0.3) is 0 Å². The molecule has 0 aliphatic heterocycles. The van der Waals surface area contributed by atoms with Crippen LogP contribution in [0.5, 0.6) is 0 Å². The lowest BCUT2D eigenvalue weighted by Crippen LogP contribution is -2.00. The Morgan fingerprint density at radius 2 is 1.78 bits per heavy atom. The highest BCUT2D eigenvalue weighted by Gasteiger charge is 2.10. The molecule has 0 saturated heterocycles. The first kappa shape index (κ1) is 13.0. The molecule has 0 unspecified atom stereocenters. The van der Waals surface area contributed by atoms with Gasteiger partial charge in [0.15, 0.2) is 0 Å². The lowest BCUT2D eigenvalue weighted by molar-refractivity contribution is 0.776. The fraction of sp³-hybridized carbons (Fsp3) is 0.333. The molecule has 0 aliphatic rings. The van der Waals surface area contributed by atoms with Crippen LogP contribution in [0, 0.1) is 13.8 Å². The van der Waals surface area contributed by atoms with Crippen molar-refractivity contribution in [3.05, 3.63) is 46.4 Å². The van der Waals surface area contributed by atoms with E-state index in [2.05, 4.69) is 55.9 Å². The summed E-state index contributed by atoms with van der Waals surface area (Å²) >= 11 is 6.08. The summed E-state index contributed by atoms with van der Waals surface area (Å²) in [6, 6.07) is 8.16. The quantitative estimate of drug-likeness (QED) is 0.741. The number of hydrogen-bond acceptors (Lipinski definition) is 2. The Bertz CT molecular complexity index is 577. The molecule has 2 rings (SSSR count). The number of aryl methyl sites for hydroxylation is 2. The van der Waals surface area contributed by atoms with Crippen LogP contribution in [-0.2, 0) is 0 Å². The Morgan fingerprint density at radius 3 is 2.39 bits per heavy atom. The van der Waals surface area contributed by atoms with E-state index < -0.39 is 0 Å². The normalized spacial score (nSPS) is 11.0. The van der Waals surface area contributed by atoms with Gasteiger partial charge in [0.05, 0.1) is 5.69 Å². The SMILES string of the molecule is Cc1ccc(-c2cc(Cl)nc(C(C)C)n2)c(C)c1. The van der Waals surface area contributed by atoms with E-state index in [1.807, 2.05) is 6.07 Å². The Kier molecular flexibility index (Phi) is 3.67. The molecule has 0 N–H and O–H groups in total. The van der Waals surface area contributed by atoms with Gasteiger partial charge in [-0.1, -0.05) is 49.2 Å². The Morgan fingerprint density at radius 1 is 1.06 bits per heavy atom. The summed E-state index contributed by atoms with van der Waals surface area (Å²) < 4.78 is 0. The Hall–Kier alpha value is -1.41. The molecule has 1 aromatic heterocycles. The number of benzene rings is 1.